The molecule has 0 radical (unpaired) electrons. The molecule has 0 heterocycles. The van der Waals surface area contributed by atoms with E-state index < -0.39 is 73.6 Å². The molecule has 4 unspecified atom stereocenters. The van der Waals surface area contributed by atoms with Crippen molar-refractivity contribution in [3.05, 3.63) is 0 Å². The number of carbonyl (C=O) groups excluding carboxylic acids is 4. The van der Waals surface area contributed by atoms with Crippen LogP contribution in [0.1, 0.15) is 12.8 Å². The average Bonchev–Trinajstić information content (AvgIpc) is 2.65. The molecule has 0 aromatic rings. The van der Waals surface area contributed by atoms with E-state index in [0.29, 0.717) is 0 Å². The number of carboxylic acids is 1. The Balaban J connectivity index is 4.96. The van der Waals surface area contributed by atoms with Crippen molar-refractivity contribution in [2.75, 3.05) is 19.8 Å². The fraction of sp³-hybridized carbons (Fsp3) is 0.643. The highest BCUT2D eigenvalue weighted by atomic mass is 16.4. The van der Waals surface area contributed by atoms with Crippen molar-refractivity contribution in [1.29, 1.82) is 0 Å². The molecule has 160 valence electrons. The number of amides is 4. The summed E-state index contributed by atoms with van der Waals surface area (Å²) in [5, 5.41) is 42.4. The van der Waals surface area contributed by atoms with Crippen LogP contribution in [0.5, 0.6) is 0 Å². The second kappa shape index (κ2) is 12.6. The molecule has 14 nitrogen and oxygen atoms in total. The van der Waals surface area contributed by atoms with E-state index in [1.165, 1.54) is 0 Å². The Kier molecular flexibility index (Phi) is 11.3. The first-order valence-corrected chi connectivity index (χ1v) is 8.07. The zero-order chi connectivity index (χ0) is 21.9. The van der Waals surface area contributed by atoms with Gasteiger partial charge in [0.2, 0.25) is 23.6 Å². The monoisotopic (exact) mass is 407 g/mol. The minimum Gasteiger partial charge on any atom is -0.480 e. The summed E-state index contributed by atoms with van der Waals surface area (Å²) in [6.07, 6.45) is -0.631. The van der Waals surface area contributed by atoms with Gasteiger partial charge in [-0.3, -0.25) is 19.2 Å². The average molecular weight is 407 g/mol. The van der Waals surface area contributed by atoms with Crippen LogP contribution in [0.4, 0.5) is 0 Å². The van der Waals surface area contributed by atoms with Crippen LogP contribution in [0.15, 0.2) is 0 Å². The molecule has 0 saturated heterocycles. The molecule has 0 rings (SSSR count). The van der Waals surface area contributed by atoms with Crippen LogP contribution in [-0.2, 0) is 24.0 Å². The lowest BCUT2D eigenvalue weighted by Gasteiger charge is -2.23. The van der Waals surface area contributed by atoms with Crippen molar-refractivity contribution in [2.45, 2.75) is 37.0 Å². The number of aliphatic hydroxyl groups is 3. The molecular formula is C14H25N5O9. The number of primary amides is 1. The van der Waals surface area contributed by atoms with Crippen molar-refractivity contribution in [3.8, 4) is 0 Å². The number of nitrogens with one attached hydrogen (secondary N) is 3. The van der Waals surface area contributed by atoms with Gasteiger partial charge in [-0.1, -0.05) is 0 Å². The van der Waals surface area contributed by atoms with Crippen LogP contribution < -0.4 is 27.4 Å². The molecule has 0 aliphatic carbocycles. The number of aliphatic carboxylic acids is 1. The minimum absolute atomic E-state index is 0.309. The van der Waals surface area contributed by atoms with E-state index in [1.54, 1.807) is 0 Å². The third-order valence-electron chi connectivity index (χ3n) is 3.46. The fourth-order valence-corrected chi connectivity index (χ4v) is 1.84. The molecule has 28 heavy (non-hydrogen) atoms. The van der Waals surface area contributed by atoms with Gasteiger partial charge in [0.25, 0.3) is 0 Å². The van der Waals surface area contributed by atoms with E-state index >= 15 is 0 Å². The second-order valence-corrected chi connectivity index (χ2v) is 5.68. The van der Waals surface area contributed by atoms with Crippen LogP contribution in [0.3, 0.4) is 0 Å². The van der Waals surface area contributed by atoms with Gasteiger partial charge in [-0.25, -0.2) is 4.79 Å². The van der Waals surface area contributed by atoms with Crippen molar-refractivity contribution < 1.29 is 44.4 Å². The Labute approximate surface area is 159 Å². The number of nitrogens with two attached hydrogens (primary N) is 2. The third kappa shape index (κ3) is 8.72. The number of rotatable bonds is 13. The van der Waals surface area contributed by atoms with Crippen LogP contribution in [-0.4, -0.2) is 94.0 Å². The van der Waals surface area contributed by atoms with Crippen LogP contribution in [0.25, 0.3) is 0 Å². The maximum atomic E-state index is 12.1. The summed E-state index contributed by atoms with van der Waals surface area (Å²) < 4.78 is 0. The topological polar surface area (TPSA) is 254 Å². The largest absolute Gasteiger partial charge is 0.480 e. The highest BCUT2D eigenvalue weighted by molar-refractivity contribution is 5.94. The lowest BCUT2D eigenvalue weighted by atomic mass is 10.1. The Morgan fingerprint density at radius 2 is 1.18 bits per heavy atom. The van der Waals surface area contributed by atoms with Gasteiger partial charge < -0.3 is 47.8 Å². The van der Waals surface area contributed by atoms with E-state index in [4.69, 9.17) is 21.7 Å². The predicted molar refractivity (Wildman–Crippen MR) is 91.1 cm³/mol. The zero-order valence-electron chi connectivity index (χ0n) is 14.8. The maximum absolute atomic E-state index is 12.1. The number of carboxylic acid groups (broad SMARTS) is 1. The van der Waals surface area contributed by atoms with Crippen molar-refractivity contribution in [2.24, 2.45) is 11.5 Å². The SMILES string of the molecule is NC(=O)CCC(NC(=O)C(CO)NC(=O)C(CO)NC(=O)C(N)CO)C(=O)O. The number of hydrogen-bond donors (Lipinski definition) is 9. The summed E-state index contributed by atoms with van der Waals surface area (Å²) in [6.45, 7) is -2.52. The van der Waals surface area contributed by atoms with Gasteiger partial charge in [0.1, 0.15) is 24.2 Å². The standard InChI is InChI=1S/C14H25N5O9/c15-6(3-20)11(24)18-8(4-21)13(26)19-9(5-22)12(25)17-7(14(27)28)1-2-10(16)23/h6-9,20-22H,1-5,15H2,(H2,16,23)(H,17,25)(H,18,24)(H,19,26)(H,27,28). The van der Waals surface area contributed by atoms with E-state index in [-0.39, 0.29) is 12.8 Å². The normalized spacial score (nSPS) is 14.9. The Morgan fingerprint density at radius 1 is 0.750 bits per heavy atom. The first-order chi connectivity index (χ1) is 13.1. The van der Waals surface area contributed by atoms with Crippen LogP contribution in [0.2, 0.25) is 0 Å². The Hall–Kier alpha value is -2.81. The zero-order valence-corrected chi connectivity index (χ0v) is 14.8. The van der Waals surface area contributed by atoms with Gasteiger partial charge in [-0.15, -0.1) is 0 Å². The molecule has 0 saturated carbocycles. The minimum atomic E-state index is -1.61. The van der Waals surface area contributed by atoms with Crippen LogP contribution in [0, 0.1) is 0 Å². The summed E-state index contributed by atoms with van der Waals surface area (Å²) in [7, 11) is 0. The quantitative estimate of drug-likeness (QED) is 0.140. The summed E-state index contributed by atoms with van der Waals surface area (Å²) in [6, 6.07) is -6.00. The van der Waals surface area contributed by atoms with Gasteiger partial charge in [-0.2, -0.15) is 0 Å². The molecule has 4 atom stereocenters. The molecule has 0 bridgehead atoms. The molecule has 0 spiro atoms. The number of carbonyl (C=O) groups is 5. The summed E-state index contributed by atoms with van der Waals surface area (Å²) in [5.74, 6) is -5.34. The molecule has 0 aromatic carbocycles. The molecule has 0 aliphatic rings. The predicted octanol–water partition coefficient (Wildman–Crippen LogP) is -5.90. The molecule has 0 fully saturated rings. The van der Waals surface area contributed by atoms with Gasteiger partial charge in [0.05, 0.1) is 19.8 Å². The third-order valence-corrected chi connectivity index (χ3v) is 3.46. The van der Waals surface area contributed by atoms with Crippen molar-refractivity contribution >= 4 is 29.6 Å². The highest BCUT2D eigenvalue weighted by Crippen LogP contribution is 1.99. The first-order valence-electron chi connectivity index (χ1n) is 8.07. The lowest BCUT2D eigenvalue weighted by Crippen LogP contribution is -2.59. The maximum Gasteiger partial charge on any atom is 0.326 e. The summed E-state index contributed by atoms with van der Waals surface area (Å²) in [5.41, 5.74) is 10.2. The lowest BCUT2D eigenvalue weighted by molar-refractivity contribution is -0.143. The first kappa shape index (κ1) is 25.2. The molecular weight excluding hydrogens is 382 g/mol. The Bertz CT molecular complexity index is 586. The van der Waals surface area contributed by atoms with Gasteiger partial charge >= 0.3 is 5.97 Å². The molecule has 11 N–H and O–H groups in total. The molecule has 0 aliphatic heterocycles. The van der Waals surface area contributed by atoms with Crippen molar-refractivity contribution in [3.63, 3.8) is 0 Å². The van der Waals surface area contributed by atoms with Gasteiger partial charge in [0.15, 0.2) is 0 Å². The second-order valence-electron chi connectivity index (χ2n) is 5.68. The van der Waals surface area contributed by atoms with Crippen molar-refractivity contribution in [1.82, 2.24) is 16.0 Å². The number of hydrogen-bond acceptors (Lipinski definition) is 9. The molecule has 0 aromatic heterocycles. The fourth-order valence-electron chi connectivity index (χ4n) is 1.84. The summed E-state index contributed by atoms with van der Waals surface area (Å²) in [4.78, 5) is 57.6. The van der Waals surface area contributed by atoms with Gasteiger partial charge in [0, 0.05) is 6.42 Å². The van der Waals surface area contributed by atoms with E-state index in [0.717, 1.165) is 0 Å². The van der Waals surface area contributed by atoms with Gasteiger partial charge in [-0.05, 0) is 6.42 Å². The van der Waals surface area contributed by atoms with E-state index in [1.807, 2.05) is 16.0 Å². The van der Waals surface area contributed by atoms with Crippen LogP contribution >= 0.6 is 0 Å². The smallest absolute Gasteiger partial charge is 0.326 e. The van der Waals surface area contributed by atoms with E-state index in [2.05, 4.69) is 0 Å². The Morgan fingerprint density at radius 3 is 1.54 bits per heavy atom. The van der Waals surface area contributed by atoms with E-state index in [9.17, 15) is 34.2 Å². The molecule has 4 amide bonds. The highest BCUT2D eigenvalue weighted by Gasteiger charge is 2.29. The molecule has 14 heteroatoms. The summed E-state index contributed by atoms with van der Waals surface area (Å²) >= 11 is 0. The number of aliphatic hydroxyl groups excluding tert-OH is 3.